The minimum Gasteiger partial charge on any atom is -0.326 e. The van der Waals surface area contributed by atoms with Gasteiger partial charge in [-0.25, -0.2) is 18.3 Å². The summed E-state index contributed by atoms with van der Waals surface area (Å²) in [5, 5.41) is 6.65. The quantitative estimate of drug-likeness (QED) is 0.797. The van der Waals surface area contributed by atoms with Crippen molar-refractivity contribution in [2.75, 3.05) is 5.32 Å². The molecule has 2 heterocycles. The Kier molecular flexibility index (Phi) is 4.20. The summed E-state index contributed by atoms with van der Waals surface area (Å²) in [6, 6.07) is 3.24. The van der Waals surface area contributed by atoms with Gasteiger partial charge in [0.25, 0.3) is 5.78 Å². The normalized spacial score (nSPS) is 11.0. The highest BCUT2D eigenvalue weighted by atomic mass is 19.2. The summed E-state index contributed by atoms with van der Waals surface area (Å²) in [5.41, 5.74) is 2.79. The van der Waals surface area contributed by atoms with Gasteiger partial charge in [0.15, 0.2) is 11.6 Å². The number of anilines is 1. The average Bonchev–Trinajstić information content (AvgIpc) is 2.99. The van der Waals surface area contributed by atoms with Crippen molar-refractivity contribution in [1.82, 2.24) is 19.6 Å². The molecule has 24 heavy (non-hydrogen) atoms. The molecule has 0 bridgehead atoms. The molecule has 0 radical (unpaired) electrons. The SMILES string of the molecule is Cc1nc2ncnn2c(C)c1CCC(=O)Nc1ccc(F)c(F)c1. The van der Waals surface area contributed by atoms with E-state index in [9.17, 15) is 13.6 Å². The number of halogens is 2. The van der Waals surface area contributed by atoms with Crippen LogP contribution in [-0.2, 0) is 11.2 Å². The van der Waals surface area contributed by atoms with Gasteiger partial charge in [0.1, 0.15) is 6.33 Å². The number of amides is 1. The second-order valence-electron chi connectivity index (χ2n) is 5.41. The van der Waals surface area contributed by atoms with Gasteiger partial charge in [-0.2, -0.15) is 10.1 Å². The second-order valence-corrected chi connectivity index (χ2v) is 5.41. The van der Waals surface area contributed by atoms with E-state index in [2.05, 4.69) is 20.4 Å². The van der Waals surface area contributed by atoms with E-state index in [0.29, 0.717) is 12.2 Å². The van der Waals surface area contributed by atoms with Crippen LogP contribution in [0.3, 0.4) is 0 Å². The van der Waals surface area contributed by atoms with Crippen LogP contribution in [-0.4, -0.2) is 25.5 Å². The Bertz CT molecular complexity index is 922. The Balaban J connectivity index is 1.71. The van der Waals surface area contributed by atoms with Crippen LogP contribution < -0.4 is 5.32 Å². The first-order valence-corrected chi connectivity index (χ1v) is 7.36. The molecule has 1 amide bonds. The Morgan fingerprint density at radius 1 is 1.25 bits per heavy atom. The highest BCUT2D eigenvalue weighted by Crippen LogP contribution is 2.16. The molecule has 6 nitrogen and oxygen atoms in total. The molecule has 0 saturated heterocycles. The molecule has 0 aliphatic rings. The lowest BCUT2D eigenvalue weighted by molar-refractivity contribution is -0.116. The summed E-state index contributed by atoms with van der Waals surface area (Å²) in [4.78, 5) is 20.4. The Labute approximate surface area is 136 Å². The molecule has 124 valence electrons. The molecule has 0 aliphatic carbocycles. The van der Waals surface area contributed by atoms with Gasteiger partial charge < -0.3 is 5.32 Å². The minimum absolute atomic E-state index is 0.183. The summed E-state index contributed by atoms with van der Waals surface area (Å²) in [6.45, 7) is 3.74. The maximum atomic E-state index is 13.2. The van der Waals surface area contributed by atoms with Crippen molar-refractivity contribution in [2.45, 2.75) is 26.7 Å². The van der Waals surface area contributed by atoms with Crippen molar-refractivity contribution in [3.8, 4) is 0 Å². The van der Waals surface area contributed by atoms with Gasteiger partial charge in [-0.1, -0.05) is 0 Å². The number of carbonyl (C=O) groups is 1. The Morgan fingerprint density at radius 3 is 2.79 bits per heavy atom. The van der Waals surface area contributed by atoms with Gasteiger partial charge in [0.05, 0.1) is 0 Å². The van der Waals surface area contributed by atoms with Crippen molar-refractivity contribution in [3.05, 3.63) is 53.1 Å². The van der Waals surface area contributed by atoms with E-state index in [1.807, 2.05) is 13.8 Å². The van der Waals surface area contributed by atoms with Gasteiger partial charge in [0.2, 0.25) is 5.91 Å². The molecule has 0 atom stereocenters. The minimum atomic E-state index is -1.000. The number of hydrogen-bond donors (Lipinski definition) is 1. The van der Waals surface area contributed by atoms with Gasteiger partial charge in [-0.15, -0.1) is 0 Å². The maximum Gasteiger partial charge on any atom is 0.252 e. The number of hydrogen-bond acceptors (Lipinski definition) is 4. The highest BCUT2D eigenvalue weighted by molar-refractivity contribution is 5.90. The fourth-order valence-electron chi connectivity index (χ4n) is 2.55. The van der Waals surface area contributed by atoms with Crippen LogP contribution in [0.2, 0.25) is 0 Å². The third kappa shape index (κ3) is 3.08. The van der Waals surface area contributed by atoms with E-state index < -0.39 is 11.6 Å². The van der Waals surface area contributed by atoms with E-state index in [1.165, 1.54) is 12.4 Å². The zero-order chi connectivity index (χ0) is 17.3. The third-order valence-corrected chi connectivity index (χ3v) is 3.79. The van der Waals surface area contributed by atoms with Crippen LogP contribution in [0.15, 0.2) is 24.5 Å². The predicted molar refractivity (Wildman–Crippen MR) is 83.6 cm³/mol. The van der Waals surface area contributed by atoms with Crippen molar-refractivity contribution in [3.63, 3.8) is 0 Å². The highest BCUT2D eigenvalue weighted by Gasteiger charge is 2.13. The second kappa shape index (κ2) is 6.31. The standard InChI is InChI=1S/C16H15F2N5O/c1-9-12(10(2)23-16(21-9)19-8-20-23)4-6-15(24)22-11-3-5-13(17)14(18)7-11/h3,5,7-8H,4,6H2,1-2H3,(H,22,24). The number of aromatic nitrogens is 4. The van der Waals surface area contributed by atoms with Gasteiger partial charge in [-0.05, 0) is 38.0 Å². The maximum absolute atomic E-state index is 13.2. The zero-order valence-corrected chi connectivity index (χ0v) is 13.2. The van der Waals surface area contributed by atoms with Crippen molar-refractivity contribution < 1.29 is 13.6 Å². The van der Waals surface area contributed by atoms with Crippen LogP contribution in [0.1, 0.15) is 23.4 Å². The van der Waals surface area contributed by atoms with E-state index in [4.69, 9.17) is 0 Å². The first-order chi connectivity index (χ1) is 11.5. The largest absolute Gasteiger partial charge is 0.326 e. The number of benzene rings is 1. The first-order valence-electron chi connectivity index (χ1n) is 7.36. The van der Waals surface area contributed by atoms with E-state index in [-0.39, 0.29) is 18.0 Å². The fourth-order valence-corrected chi connectivity index (χ4v) is 2.55. The number of rotatable bonds is 4. The predicted octanol–water partition coefficient (Wildman–Crippen LogP) is 2.59. The fraction of sp³-hybridized carbons (Fsp3) is 0.250. The van der Waals surface area contributed by atoms with Crippen LogP contribution in [0.25, 0.3) is 5.78 Å². The lowest BCUT2D eigenvalue weighted by Gasteiger charge is -2.10. The number of fused-ring (bicyclic) bond motifs is 1. The molecule has 3 aromatic rings. The lowest BCUT2D eigenvalue weighted by atomic mass is 10.1. The van der Waals surface area contributed by atoms with Crippen LogP contribution in [0, 0.1) is 25.5 Å². The molecule has 0 fully saturated rings. The van der Waals surface area contributed by atoms with Crippen molar-refractivity contribution >= 4 is 17.4 Å². The molecule has 8 heteroatoms. The Hall–Kier alpha value is -2.90. The van der Waals surface area contributed by atoms with Crippen LogP contribution >= 0.6 is 0 Å². The smallest absolute Gasteiger partial charge is 0.252 e. The van der Waals surface area contributed by atoms with E-state index in [1.54, 1.807) is 4.52 Å². The topological polar surface area (TPSA) is 72.2 Å². The van der Waals surface area contributed by atoms with E-state index in [0.717, 1.165) is 29.1 Å². The Morgan fingerprint density at radius 2 is 2.04 bits per heavy atom. The number of aryl methyl sites for hydroxylation is 2. The number of nitrogens with one attached hydrogen (secondary N) is 1. The summed E-state index contributed by atoms with van der Waals surface area (Å²) >= 11 is 0. The summed E-state index contributed by atoms with van der Waals surface area (Å²) in [5.74, 6) is -1.73. The summed E-state index contributed by atoms with van der Waals surface area (Å²) < 4.78 is 27.7. The molecule has 1 N–H and O–H groups in total. The molecule has 0 saturated carbocycles. The monoisotopic (exact) mass is 331 g/mol. The van der Waals surface area contributed by atoms with Gasteiger partial charge in [0, 0.05) is 29.6 Å². The molecule has 2 aromatic heterocycles. The number of nitrogens with zero attached hydrogens (tertiary/aromatic N) is 4. The summed E-state index contributed by atoms with van der Waals surface area (Å²) in [7, 11) is 0. The van der Waals surface area contributed by atoms with Crippen molar-refractivity contribution in [2.24, 2.45) is 0 Å². The molecular formula is C16H15F2N5O. The summed E-state index contributed by atoms with van der Waals surface area (Å²) in [6.07, 6.45) is 2.06. The molecular weight excluding hydrogens is 316 g/mol. The van der Waals surface area contributed by atoms with Crippen LogP contribution in [0.4, 0.5) is 14.5 Å². The average molecular weight is 331 g/mol. The van der Waals surface area contributed by atoms with Gasteiger partial charge in [-0.3, -0.25) is 4.79 Å². The molecule has 0 aliphatic heterocycles. The zero-order valence-electron chi connectivity index (χ0n) is 13.2. The first kappa shape index (κ1) is 16.0. The molecule has 0 spiro atoms. The lowest BCUT2D eigenvalue weighted by Crippen LogP contribution is -2.14. The molecule has 0 unspecified atom stereocenters. The number of carbonyl (C=O) groups excluding carboxylic acids is 1. The van der Waals surface area contributed by atoms with Crippen molar-refractivity contribution in [1.29, 1.82) is 0 Å². The third-order valence-electron chi connectivity index (χ3n) is 3.79. The van der Waals surface area contributed by atoms with E-state index >= 15 is 0 Å². The molecule has 3 rings (SSSR count). The van der Waals surface area contributed by atoms with Gasteiger partial charge >= 0.3 is 0 Å². The van der Waals surface area contributed by atoms with Crippen LogP contribution in [0.5, 0.6) is 0 Å². The molecule has 1 aromatic carbocycles.